The van der Waals surface area contributed by atoms with Crippen molar-refractivity contribution in [1.82, 2.24) is 0 Å². The first-order valence-corrected chi connectivity index (χ1v) is 12.7. The fourth-order valence-electron chi connectivity index (χ4n) is 5.30. The molecule has 0 fully saturated rings. The second kappa shape index (κ2) is 9.00. The molecule has 1 aromatic heterocycles. The Balaban J connectivity index is 1.26. The van der Waals surface area contributed by atoms with Gasteiger partial charge in [0.05, 0.1) is 0 Å². The molecular weight excluding hydrogens is 450 g/mol. The second-order valence-corrected chi connectivity index (χ2v) is 9.42. The molecule has 7 rings (SSSR count). The summed E-state index contributed by atoms with van der Waals surface area (Å²) in [7, 11) is 0. The first-order valence-electron chi connectivity index (χ1n) is 12.7. The van der Waals surface area contributed by atoms with Crippen LogP contribution in [0.4, 0.5) is 5.69 Å². The highest BCUT2D eigenvalue weighted by atomic mass is 16.3. The quantitative estimate of drug-likeness (QED) is 0.274. The van der Waals surface area contributed by atoms with Crippen LogP contribution in [-0.2, 0) is 0 Å². The molecule has 1 N–H and O–H groups in total. The van der Waals surface area contributed by atoms with Crippen molar-refractivity contribution in [1.29, 1.82) is 0 Å². The van der Waals surface area contributed by atoms with E-state index in [0.717, 1.165) is 39.7 Å². The summed E-state index contributed by atoms with van der Waals surface area (Å²) >= 11 is 0. The lowest BCUT2D eigenvalue weighted by Gasteiger charge is -2.15. The van der Waals surface area contributed by atoms with Crippen molar-refractivity contribution < 1.29 is 4.42 Å². The van der Waals surface area contributed by atoms with Gasteiger partial charge in [-0.05, 0) is 75.9 Å². The molecular formula is C35H25NO. The predicted molar refractivity (Wildman–Crippen MR) is 157 cm³/mol. The number of hydrogen-bond donors (Lipinski definition) is 1. The Bertz CT molecular complexity index is 1860. The zero-order valence-electron chi connectivity index (χ0n) is 20.3. The lowest BCUT2D eigenvalue weighted by atomic mass is 9.97. The molecule has 1 aliphatic carbocycles. The summed E-state index contributed by atoms with van der Waals surface area (Å²) in [5.74, 6) is 0. The van der Waals surface area contributed by atoms with Crippen LogP contribution in [0.3, 0.4) is 0 Å². The van der Waals surface area contributed by atoms with Crippen LogP contribution in [0.25, 0.3) is 49.4 Å². The molecule has 0 saturated carbocycles. The molecule has 0 saturated heterocycles. The molecule has 0 spiro atoms. The van der Waals surface area contributed by atoms with Gasteiger partial charge in [0.25, 0.3) is 0 Å². The van der Waals surface area contributed by atoms with Crippen LogP contribution in [0, 0.1) is 0 Å². The summed E-state index contributed by atoms with van der Waals surface area (Å²) < 4.78 is 6.06. The van der Waals surface area contributed by atoms with Crippen LogP contribution < -0.4 is 5.32 Å². The number of allylic oxidation sites excluding steroid dienone is 5. The molecule has 0 bridgehead atoms. The molecule has 1 heterocycles. The molecule has 176 valence electrons. The number of nitrogens with one attached hydrogen (secondary N) is 1. The highest BCUT2D eigenvalue weighted by Gasteiger charge is 2.13. The average Bonchev–Trinajstić information content (AvgIpc) is 3.16. The summed E-state index contributed by atoms with van der Waals surface area (Å²) in [6, 6.07) is 38.5. The van der Waals surface area contributed by atoms with Crippen LogP contribution in [-0.4, -0.2) is 0 Å². The second-order valence-electron chi connectivity index (χ2n) is 9.42. The highest BCUT2D eigenvalue weighted by molar-refractivity contribution is 6.06. The Labute approximate surface area is 215 Å². The zero-order chi connectivity index (χ0) is 24.6. The third-order valence-electron chi connectivity index (χ3n) is 7.15. The van der Waals surface area contributed by atoms with Crippen LogP contribution in [0.2, 0.25) is 0 Å². The minimum Gasteiger partial charge on any atom is -0.456 e. The zero-order valence-corrected chi connectivity index (χ0v) is 20.3. The van der Waals surface area contributed by atoms with Crippen molar-refractivity contribution in [2.24, 2.45) is 0 Å². The molecule has 1 aliphatic rings. The fraction of sp³-hybridized carbons (Fsp3) is 0.0286. The van der Waals surface area contributed by atoms with E-state index in [1.807, 2.05) is 12.1 Å². The van der Waals surface area contributed by atoms with Crippen LogP contribution in [0.15, 0.2) is 144 Å². The van der Waals surface area contributed by atoms with Gasteiger partial charge in [0, 0.05) is 22.2 Å². The van der Waals surface area contributed by atoms with E-state index in [4.69, 9.17) is 4.42 Å². The number of hydrogen-bond acceptors (Lipinski definition) is 2. The van der Waals surface area contributed by atoms with Crippen molar-refractivity contribution in [2.75, 3.05) is 5.32 Å². The number of benzene rings is 5. The average molecular weight is 476 g/mol. The SMILES string of the molecule is C1=CCC(c2ccc3oc4ccccc4c3c2)=C(Nc2ccc(-c3cccc4ccccc34)cc2)C=C1. The summed E-state index contributed by atoms with van der Waals surface area (Å²) in [5, 5.41) is 8.53. The Kier molecular flexibility index (Phi) is 5.22. The van der Waals surface area contributed by atoms with Crippen LogP contribution in [0.1, 0.15) is 12.0 Å². The number of furan rings is 1. The normalized spacial score (nSPS) is 13.5. The molecule has 0 atom stereocenters. The minimum absolute atomic E-state index is 0.852. The molecule has 0 amide bonds. The van der Waals surface area contributed by atoms with Crippen molar-refractivity contribution in [2.45, 2.75) is 6.42 Å². The van der Waals surface area contributed by atoms with E-state index in [1.165, 1.54) is 33.0 Å². The Morgan fingerprint density at radius 1 is 0.595 bits per heavy atom. The molecule has 0 aliphatic heterocycles. The van der Waals surface area contributed by atoms with E-state index < -0.39 is 0 Å². The van der Waals surface area contributed by atoms with E-state index in [2.05, 4.69) is 127 Å². The maximum atomic E-state index is 6.06. The van der Waals surface area contributed by atoms with Gasteiger partial charge in [-0.25, -0.2) is 0 Å². The van der Waals surface area contributed by atoms with Crippen molar-refractivity contribution in [3.8, 4) is 11.1 Å². The number of para-hydroxylation sites is 1. The smallest absolute Gasteiger partial charge is 0.135 e. The predicted octanol–water partition coefficient (Wildman–Crippen LogP) is 9.75. The van der Waals surface area contributed by atoms with E-state index in [-0.39, 0.29) is 0 Å². The molecule has 37 heavy (non-hydrogen) atoms. The first-order chi connectivity index (χ1) is 18.3. The molecule has 0 unspecified atom stereocenters. The summed E-state index contributed by atoms with van der Waals surface area (Å²) in [4.78, 5) is 0. The van der Waals surface area contributed by atoms with Crippen molar-refractivity contribution >= 4 is 44.0 Å². The fourth-order valence-corrected chi connectivity index (χ4v) is 5.30. The van der Waals surface area contributed by atoms with Gasteiger partial charge in [-0.15, -0.1) is 0 Å². The number of rotatable bonds is 4. The van der Waals surface area contributed by atoms with Crippen LogP contribution >= 0.6 is 0 Å². The number of anilines is 1. The topological polar surface area (TPSA) is 25.2 Å². The van der Waals surface area contributed by atoms with E-state index in [9.17, 15) is 0 Å². The maximum absolute atomic E-state index is 6.06. The Morgan fingerprint density at radius 2 is 1.35 bits per heavy atom. The van der Waals surface area contributed by atoms with E-state index >= 15 is 0 Å². The maximum Gasteiger partial charge on any atom is 0.135 e. The van der Waals surface area contributed by atoms with Gasteiger partial charge in [-0.1, -0.05) is 97.1 Å². The summed E-state index contributed by atoms with van der Waals surface area (Å²) in [6.07, 6.45) is 9.44. The molecule has 2 heteroatoms. The lowest BCUT2D eigenvalue weighted by molar-refractivity contribution is 0.669. The monoisotopic (exact) mass is 475 g/mol. The molecule has 6 aromatic rings. The number of fused-ring (bicyclic) bond motifs is 4. The van der Waals surface area contributed by atoms with Gasteiger partial charge in [-0.2, -0.15) is 0 Å². The lowest BCUT2D eigenvalue weighted by Crippen LogP contribution is -2.01. The van der Waals surface area contributed by atoms with Gasteiger partial charge in [0.2, 0.25) is 0 Å². The van der Waals surface area contributed by atoms with Gasteiger partial charge in [-0.3, -0.25) is 0 Å². The largest absolute Gasteiger partial charge is 0.456 e. The summed E-state index contributed by atoms with van der Waals surface area (Å²) in [6.45, 7) is 0. The van der Waals surface area contributed by atoms with Crippen molar-refractivity contribution in [3.63, 3.8) is 0 Å². The molecule has 0 radical (unpaired) electrons. The molecule has 5 aromatic carbocycles. The molecule has 2 nitrogen and oxygen atoms in total. The standard InChI is InChI=1S/C35H25NO/c1-2-12-30(26-19-22-35-32(23-26)31-13-6-7-16-34(31)37-35)33(15-3-1)36-27-20-17-25(18-21-27)29-14-8-10-24-9-4-5-11-28(24)29/h1-11,13-23,36H,12H2. The van der Waals surface area contributed by atoms with Gasteiger partial charge < -0.3 is 9.73 Å². The third kappa shape index (κ3) is 3.93. The highest BCUT2D eigenvalue weighted by Crippen LogP contribution is 2.34. The Hall–Kier alpha value is -4.82. The van der Waals surface area contributed by atoms with Crippen LogP contribution in [0.5, 0.6) is 0 Å². The van der Waals surface area contributed by atoms with E-state index in [1.54, 1.807) is 0 Å². The summed E-state index contributed by atoms with van der Waals surface area (Å²) in [5.41, 5.74) is 8.95. The third-order valence-corrected chi connectivity index (χ3v) is 7.15. The van der Waals surface area contributed by atoms with Gasteiger partial charge >= 0.3 is 0 Å². The Morgan fingerprint density at radius 3 is 2.27 bits per heavy atom. The van der Waals surface area contributed by atoms with Crippen molar-refractivity contribution in [3.05, 3.63) is 145 Å². The van der Waals surface area contributed by atoms with Gasteiger partial charge in [0.1, 0.15) is 11.2 Å². The minimum atomic E-state index is 0.852. The van der Waals surface area contributed by atoms with Gasteiger partial charge in [0.15, 0.2) is 0 Å². The first kappa shape index (κ1) is 21.5. The van der Waals surface area contributed by atoms with E-state index in [0.29, 0.717) is 0 Å².